The highest BCUT2D eigenvalue weighted by molar-refractivity contribution is 9.10. The molecule has 0 radical (unpaired) electrons. The van der Waals surface area contributed by atoms with Crippen LogP contribution in [0.1, 0.15) is 5.56 Å². The van der Waals surface area contributed by atoms with Crippen molar-refractivity contribution in [3.8, 4) is 11.1 Å². The minimum atomic E-state index is -0.392. The molecule has 4 aromatic rings. The summed E-state index contributed by atoms with van der Waals surface area (Å²) in [4.78, 5) is 29.1. The van der Waals surface area contributed by atoms with E-state index in [1.807, 2.05) is 30.3 Å². The Morgan fingerprint density at radius 1 is 0.889 bits per heavy atom. The second-order valence-corrected chi connectivity index (χ2v) is 7.12. The molecule has 136 valence electrons. The number of halogens is 1. The van der Waals surface area contributed by atoms with Crippen LogP contribution in [-0.4, -0.2) is 18.7 Å². The van der Waals surface area contributed by atoms with Crippen LogP contribution in [-0.2, 0) is 20.6 Å². The first-order valence-corrected chi connectivity index (χ1v) is 9.23. The number of fused-ring (bicyclic) bond motifs is 1. The van der Waals surface area contributed by atoms with E-state index in [0.717, 1.165) is 21.3 Å². The van der Waals surface area contributed by atoms with Crippen LogP contribution in [0.4, 0.5) is 0 Å². The highest BCUT2D eigenvalue weighted by Crippen LogP contribution is 2.22. The van der Waals surface area contributed by atoms with Crippen LogP contribution >= 0.6 is 15.9 Å². The maximum absolute atomic E-state index is 12.6. The van der Waals surface area contributed by atoms with Gasteiger partial charge in [0, 0.05) is 14.1 Å². The zero-order valence-electron chi connectivity index (χ0n) is 14.9. The van der Waals surface area contributed by atoms with Crippen molar-refractivity contribution in [1.29, 1.82) is 0 Å². The van der Waals surface area contributed by atoms with Gasteiger partial charge in [0.15, 0.2) is 15.9 Å². The second kappa shape index (κ2) is 6.66. The summed E-state index contributed by atoms with van der Waals surface area (Å²) in [6, 6.07) is 18.3. The van der Waals surface area contributed by atoms with Gasteiger partial charge in [-0.15, -0.1) is 0 Å². The lowest BCUT2D eigenvalue weighted by molar-refractivity contribution is 0.702. The SMILES string of the molecule is Cn1c(=O)c2c(nc(Br)n2Cc2ccc(-c3ccccc3)cc2)n(C)c1=O. The molecule has 0 atom stereocenters. The Hall–Kier alpha value is -2.93. The lowest BCUT2D eigenvalue weighted by Gasteiger charge is -2.09. The van der Waals surface area contributed by atoms with Gasteiger partial charge < -0.3 is 4.57 Å². The molecule has 2 aromatic carbocycles. The van der Waals surface area contributed by atoms with Gasteiger partial charge in [-0.1, -0.05) is 54.6 Å². The van der Waals surface area contributed by atoms with E-state index in [1.165, 1.54) is 11.6 Å². The average molecular weight is 425 g/mol. The van der Waals surface area contributed by atoms with Crippen LogP contribution in [0.2, 0.25) is 0 Å². The predicted molar refractivity (Wildman–Crippen MR) is 109 cm³/mol. The standard InChI is InChI=1S/C20H17BrN4O2/c1-23-17-16(18(26)24(2)20(23)27)25(19(21)22-17)12-13-8-10-15(11-9-13)14-6-4-3-5-7-14/h3-11H,12H2,1-2H3. The van der Waals surface area contributed by atoms with Crippen LogP contribution in [0.15, 0.2) is 68.9 Å². The van der Waals surface area contributed by atoms with Crippen LogP contribution in [0.3, 0.4) is 0 Å². The number of hydrogen-bond acceptors (Lipinski definition) is 3. The smallest absolute Gasteiger partial charge is 0.308 e. The third kappa shape index (κ3) is 2.94. The molecule has 0 unspecified atom stereocenters. The molecule has 2 aromatic heterocycles. The fourth-order valence-corrected chi connectivity index (χ4v) is 3.65. The molecular weight excluding hydrogens is 408 g/mol. The van der Waals surface area contributed by atoms with Gasteiger partial charge in [-0.3, -0.25) is 13.9 Å². The Labute approximate surface area is 163 Å². The fourth-order valence-electron chi connectivity index (χ4n) is 3.18. The molecule has 0 fully saturated rings. The van der Waals surface area contributed by atoms with Gasteiger partial charge in [0.1, 0.15) is 0 Å². The fraction of sp³-hybridized carbons (Fsp3) is 0.150. The maximum Gasteiger partial charge on any atom is 0.332 e. The highest BCUT2D eigenvalue weighted by Gasteiger charge is 2.18. The van der Waals surface area contributed by atoms with E-state index in [0.29, 0.717) is 22.4 Å². The van der Waals surface area contributed by atoms with Gasteiger partial charge in [0.25, 0.3) is 5.56 Å². The Balaban J connectivity index is 1.77. The van der Waals surface area contributed by atoms with Crippen molar-refractivity contribution in [1.82, 2.24) is 18.7 Å². The first kappa shape index (κ1) is 17.5. The number of aromatic nitrogens is 4. The molecule has 0 aliphatic rings. The molecule has 0 bridgehead atoms. The summed E-state index contributed by atoms with van der Waals surface area (Å²) in [7, 11) is 3.09. The van der Waals surface area contributed by atoms with Crippen molar-refractivity contribution < 1.29 is 0 Å². The minimum Gasteiger partial charge on any atom is -0.308 e. The average Bonchev–Trinajstić information content (AvgIpc) is 3.02. The van der Waals surface area contributed by atoms with Gasteiger partial charge in [-0.05, 0) is 32.6 Å². The zero-order chi connectivity index (χ0) is 19.1. The molecule has 7 heteroatoms. The van der Waals surface area contributed by atoms with Crippen LogP contribution in [0.5, 0.6) is 0 Å². The van der Waals surface area contributed by atoms with Crippen molar-refractivity contribution in [3.05, 3.63) is 85.7 Å². The van der Waals surface area contributed by atoms with Gasteiger partial charge in [-0.25, -0.2) is 9.78 Å². The molecule has 27 heavy (non-hydrogen) atoms. The third-order valence-corrected chi connectivity index (χ3v) is 5.31. The highest BCUT2D eigenvalue weighted by atomic mass is 79.9. The summed E-state index contributed by atoms with van der Waals surface area (Å²) in [5.41, 5.74) is 3.35. The van der Waals surface area contributed by atoms with Gasteiger partial charge in [-0.2, -0.15) is 0 Å². The molecule has 0 aliphatic carbocycles. The molecular formula is C20H17BrN4O2. The summed E-state index contributed by atoms with van der Waals surface area (Å²) in [5, 5.41) is 0. The molecule has 6 nitrogen and oxygen atoms in total. The minimum absolute atomic E-state index is 0.354. The lowest BCUT2D eigenvalue weighted by Crippen LogP contribution is -2.37. The quantitative estimate of drug-likeness (QED) is 0.475. The third-order valence-electron chi connectivity index (χ3n) is 4.70. The van der Waals surface area contributed by atoms with E-state index in [4.69, 9.17) is 0 Å². The number of rotatable bonds is 3. The number of nitrogens with zero attached hydrogens (tertiary/aromatic N) is 4. The van der Waals surface area contributed by atoms with Crippen molar-refractivity contribution in [2.45, 2.75) is 6.54 Å². The van der Waals surface area contributed by atoms with E-state index >= 15 is 0 Å². The van der Waals surface area contributed by atoms with Crippen molar-refractivity contribution in [2.75, 3.05) is 0 Å². The molecule has 0 aliphatic heterocycles. The number of aryl methyl sites for hydroxylation is 1. The number of imidazole rings is 1. The first-order valence-electron chi connectivity index (χ1n) is 8.43. The zero-order valence-corrected chi connectivity index (χ0v) is 16.5. The largest absolute Gasteiger partial charge is 0.332 e. The normalized spacial score (nSPS) is 11.2. The topological polar surface area (TPSA) is 61.8 Å². The summed E-state index contributed by atoms with van der Waals surface area (Å²) < 4.78 is 4.79. The Morgan fingerprint density at radius 2 is 1.52 bits per heavy atom. The molecule has 4 rings (SSSR count). The molecule has 0 saturated carbocycles. The summed E-state index contributed by atoms with van der Waals surface area (Å²) in [6.45, 7) is 0.472. The van der Waals surface area contributed by atoms with E-state index in [1.54, 1.807) is 11.6 Å². The molecule has 0 amide bonds. The predicted octanol–water partition coefficient (Wildman–Crippen LogP) is 2.91. The monoisotopic (exact) mass is 424 g/mol. The summed E-state index contributed by atoms with van der Waals surface area (Å²) >= 11 is 3.42. The van der Waals surface area contributed by atoms with Crippen LogP contribution in [0.25, 0.3) is 22.3 Å². The summed E-state index contributed by atoms with van der Waals surface area (Å²) in [5.74, 6) is 0. The first-order chi connectivity index (χ1) is 13.0. The van der Waals surface area contributed by atoms with E-state index < -0.39 is 5.69 Å². The van der Waals surface area contributed by atoms with E-state index in [9.17, 15) is 9.59 Å². The van der Waals surface area contributed by atoms with Gasteiger partial charge >= 0.3 is 5.69 Å². The van der Waals surface area contributed by atoms with Crippen molar-refractivity contribution in [2.24, 2.45) is 14.1 Å². The molecule has 0 spiro atoms. The lowest BCUT2D eigenvalue weighted by atomic mass is 10.0. The van der Waals surface area contributed by atoms with Gasteiger partial charge in [0.05, 0.1) is 6.54 Å². The van der Waals surface area contributed by atoms with Crippen LogP contribution in [0, 0.1) is 0 Å². The van der Waals surface area contributed by atoms with Crippen molar-refractivity contribution in [3.63, 3.8) is 0 Å². The Morgan fingerprint density at radius 3 is 2.19 bits per heavy atom. The number of benzene rings is 2. The Bertz CT molecular complexity index is 1250. The maximum atomic E-state index is 12.6. The summed E-state index contributed by atoms with van der Waals surface area (Å²) in [6.07, 6.45) is 0. The van der Waals surface area contributed by atoms with E-state index in [2.05, 4.69) is 45.2 Å². The number of hydrogen-bond donors (Lipinski definition) is 0. The van der Waals surface area contributed by atoms with Gasteiger partial charge in [0.2, 0.25) is 0 Å². The van der Waals surface area contributed by atoms with Crippen LogP contribution < -0.4 is 11.2 Å². The Kier molecular flexibility index (Phi) is 4.31. The molecule has 2 heterocycles. The van der Waals surface area contributed by atoms with E-state index in [-0.39, 0.29) is 5.56 Å². The van der Waals surface area contributed by atoms with Crippen molar-refractivity contribution >= 4 is 27.1 Å². The second-order valence-electron chi connectivity index (χ2n) is 6.41. The molecule has 0 saturated heterocycles. The molecule has 0 N–H and O–H groups in total.